The van der Waals surface area contributed by atoms with Crippen LogP contribution in [-0.4, -0.2) is 18.1 Å². The summed E-state index contributed by atoms with van der Waals surface area (Å²) in [5, 5.41) is 4.40. The maximum absolute atomic E-state index is 9.44. The van der Waals surface area contributed by atoms with Gasteiger partial charge in [-0.15, -0.1) is 13.2 Å². The lowest BCUT2D eigenvalue weighted by Crippen LogP contribution is -2.16. The van der Waals surface area contributed by atoms with E-state index in [4.69, 9.17) is 4.84 Å². The highest BCUT2D eigenvalue weighted by molar-refractivity contribution is 6.01. The van der Waals surface area contributed by atoms with Crippen LogP contribution in [0.3, 0.4) is 0 Å². The second-order valence-corrected chi connectivity index (χ2v) is 9.65. The minimum atomic E-state index is 0.167. The van der Waals surface area contributed by atoms with Crippen molar-refractivity contribution in [1.29, 1.82) is 0 Å². The molecular weight excluding hydrogens is 502 g/mol. The van der Waals surface area contributed by atoms with Crippen molar-refractivity contribution in [1.82, 2.24) is 0 Å². The van der Waals surface area contributed by atoms with E-state index in [2.05, 4.69) is 104 Å². The third-order valence-corrected chi connectivity index (χ3v) is 5.38. The van der Waals surface area contributed by atoms with E-state index >= 15 is 0 Å². The molecule has 0 aromatic heterocycles. The Hall–Kier alpha value is -2.42. The average Bonchev–Trinajstić information content (AvgIpc) is 2.97. The summed E-state index contributed by atoms with van der Waals surface area (Å²) in [5.74, 6) is 0.671. The van der Waals surface area contributed by atoms with Crippen LogP contribution in [0.15, 0.2) is 66.9 Å². The monoisotopic (exact) mass is 574 g/mol. The van der Waals surface area contributed by atoms with E-state index in [-0.39, 0.29) is 5.78 Å². The van der Waals surface area contributed by atoms with Gasteiger partial charge in [0.15, 0.2) is 0 Å². The topological polar surface area (TPSA) is 38.7 Å². The van der Waals surface area contributed by atoms with Gasteiger partial charge in [-0.3, -0.25) is 0 Å². The molecule has 1 rings (SSSR count). The van der Waals surface area contributed by atoms with E-state index in [1.165, 1.54) is 94.8 Å². The molecule has 0 saturated heterocycles. The summed E-state index contributed by atoms with van der Waals surface area (Å²) in [4.78, 5) is 14.8. The smallest absolute Gasteiger partial charge is 0.126 e. The third-order valence-electron chi connectivity index (χ3n) is 5.38. The van der Waals surface area contributed by atoms with Crippen LogP contribution < -0.4 is 0 Å². The van der Waals surface area contributed by atoms with Crippen molar-refractivity contribution in [2.24, 2.45) is 11.1 Å². The summed E-state index contributed by atoms with van der Waals surface area (Å²) >= 11 is 0. The predicted molar refractivity (Wildman–Crippen MR) is 190 cm³/mol. The molecule has 3 nitrogen and oxygen atoms in total. The molecule has 0 atom stereocenters. The molecule has 1 aromatic rings. The molecule has 3 heteroatoms. The fraction of sp³-hybridized carbons (Fsp3) is 0.632. The summed E-state index contributed by atoms with van der Waals surface area (Å²) in [7, 11) is 0. The van der Waals surface area contributed by atoms with Crippen LogP contribution in [0.2, 0.25) is 0 Å². The van der Waals surface area contributed by atoms with Crippen LogP contribution in [0.4, 0.5) is 0 Å². The van der Waals surface area contributed by atoms with Gasteiger partial charge in [0.05, 0.1) is 5.71 Å². The molecule has 0 bridgehead atoms. The molecule has 0 aliphatic rings. The van der Waals surface area contributed by atoms with Crippen LogP contribution in [-0.2, 0) is 9.63 Å². The van der Waals surface area contributed by atoms with Crippen molar-refractivity contribution in [2.45, 2.75) is 147 Å². The van der Waals surface area contributed by atoms with Crippen molar-refractivity contribution >= 4 is 11.5 Å². The number of carbonyl (C=O) groups is 1. The van der Waals surface area contributed by atoms with E-state index in [0.29, 0.717) is 12.5 Å². The number of benzene rings is 1. The lowest BCUT2D eigenvalue weighted by Gasteiger charge is -2.18. The molecule has 1 aromatic carbocycles. The minimum absolute atomic E-state index is 0.167. The van der Waals surface area contributed by atoms with E-state index in [0.717, 1.165) is 5.71 Å². The normalized spacial score (nSPS) is 9.98. The lowest BCUT2D eigenvalue weighted by molar-refractivity contribution is -0.115. The number of nitrogens with zero attached hydrogens (tertiary/aromatic N) is 1. The summed E-state index contributed by atoms with van der Waals surface area (Å²) in [6, 6.07) is 8.61. The Labute approximate surface area is 258 Å². The van der Waals surface area contributed by atoms with Crippen LogP contribution in [0.1, 0.15) is 151 Å². The van der Waals surface area contributed by atoms with Gasteiger partial charge >= 0.3 is 0 Å². The van der Waals surface area contributed by atoms with Gasteiger partial charge in [0.25, 0.3) is 0 Å². The molecule has 0 aliphatic carbocycles. The molecule has 0 heterocycles. The lowest BCUT2D eigenvalue weighted by atomic mass is 9.89. The molecule has 240 valence electrons. The number of oxime groups is 1. The molecule has 0 radical (unpaired) electrons. The van der Waals surface area contributed by atoms with Crippen molar-refractivity contribution < 1.29 is 9.63 Å². The first kappa shape index (κ1) is 48.3. The molecule has 0 unspecified atom stereocenters. The number of hydrogen-bond donors (Lipinski definition) is 0. The van der Waals surface area contributed by atoms with Gasteiger partial charge < -0.3 is 9.63 Å². The summed E-state index contributed by atoms with van der Waals surface area (Å²) in [6.45, 7) is 34.6. The highest BCUT2D eigenvalue weighted by Crippen LogP contribution is 2.21. The highest BCUT2D eigenvalue weighted by Gasteiger charge is 2.17. The average molecular weight is 574 g/mol. The molecule has 0 N–H and O–H groups in total. The number of Topliss-reactive ketones (excluding diaryl/α,β-unsaturated/α-hetero) is 1. The number of unbranched alkanes of at least 4 members (excludes halogenated alkanes) is 3. The summed E-state index contributed by atoms with van der Waals surface area (Å²) in [6.07, 6.45) is 16.5. The fourth-order valence-corrected chi connectivity index (χ4v) is 3.27. The van der Waals surface area contributed by atoms with Gasteiger partial charge in [-0.1, -0.05) is 146 Å². The second kappa shape index (κ2) is 42.1. The molecule has 0 saturated carbocycles. The van der Waals surface area contributed by atoms with E-state index in [9.17, 15) is 4.79 Å². The second-order valence-electron chi connectivity index (χ2n) is 9.65. The fourth-order valence-electron chi connectivity index (χ4n) is 3.27. The Bertz CT molecular complexity index is 704. The van der Waals surface area contributed by atoms with Crippen LogP contribution >= 0.6 is 0 Å². The largest absolute Gasteiger partial charge is 0.396 e. The van der Waals surface area contributed by atoms with E-state index < -0.39 is 0 Å². The summed E-state index contributed by atoms with van der Waals surface area (Å²) in [5.41, 5.74) is 5.04. The molecule has 0 fully saturated rings. The first-order chi connectivity index (χ1) is 19.7. The molecule has 0 aliphatic heterocycles. The molecule has 0 amide bonds. The summed E-state index contributed by atoms with van der Waals surface area (Å²) < 4.78 is 0. The Balaban J connectivity index is -0.000000164. The predicted octanol–water partition coefficient (Wildman–Crippen LogP) is 12.9. The zero-order valence-electron chi connectivity index (χ0n) is 29.7. The number of allylic oxidation sites excluding steroid dienone is 3. The zero-order valence-corrected chi connectivity index (χ0v) is 29.7. The number of rotatable bonds is 14. The quantitative estimate of drug-likeness (QED) is 0.0729. The minimum Gasteiger partial charge on any atom is -0.396 e. The van der Waals surface area contributed by atoms with Gasteiger partial charge in [-0.2, -0.15) is 0 Å². The van der Waals surface area contributed by atoms with Crippen LogP contribution in [0.25, 0.3) is 0 Å². The number of carbonyl (C=O) groups excluding carboxylic acids is 1. The number of aryl methyl sites for hydroxylation is 1. The van der Waals surface area contributed by atoms with E-state index in [1.54, 1.807) is 0 Å². The van der Waals surface area contributed by atoms with Crippen molar-refractivity contribution in [3.05, 3.63) is 72.9 Å². The molecular formula is C38H71NO2. The first-order valence-corrected chi connectivity index (χ1v) is 16.2. The first-order valence-electron chi connectivity index (χ1n) is 16.2. The standard InChI is InChI=1S/C17H27NO.C10H18.C4H10.C3H6O.C2H6.C2H4/c1-5-8-15(9-6-2)17(18-19-7-3)16-12-10-14(4)11-13-16;1-4-6-7-9-10(3)8-5-2;1-3-4-2;1-3(2)4;2*1-2/h10-13,15H,5-9H2,1-4H3;5,8H,2,4,6-7,9H2,1,3H3;3-4H2,1-2H3;1-2H3;1-2H3;1-2H2/b;10-8+;;;;. The Morgan fingerprint density at radius 3 is 1.63 bits per heavy atom. The Morgan fingerprint density at radius 2 is 1.29 bits per heavy atom. The van der Waals surface area contributed by atoms with Gasteiger partial charge in [0, 0.05) is 5.92 Å². The molecule has 0 spiro atoms. The van der Waals surface area contributed by atoms with Crippen molar-refractivity contribution in [3.63, 3.8) is 0 Å². The van der Waals surface area contributed by atoms with Gasteiger partial charge in [-0.25, -0.2) is 0 Å². The highest BCUT2D eigenvalue weighted by atomic mass is 16.6. The van der Waals surface area contributed by atoms with Crippen molar-refractivity contribution in [2.75, 3.05) is 6.61 Å². The number of hydrogen-bond acceptors (Lipinski definition) is 3. The zero-order chi connectivity index (χ0) is 32.9. The van der Waals surface area contributed by atoms with Crippen molar-refractivity contribution in [3.8, 4) is 0 Å². The SMILES string of the molecule is C=C.C=C/C=C(\C)CCCCC.CC.CC(C)=O.CCCC.CCCC(CCC)C(=NOCC)c1ccc(C)cc1. The van der Waals surface area contributed by atoms with Crippen LogP contribution in [0.5, 0.6) is 0 Å². The maximum atomic E-state index is 9.44. The number of ketones is 1. The van der Waals surface area contributed by atoms with Gasteiger partial charge in [-0.05, 0) is 65.9 Å². The van der Waals surface area contributed by atoms with Gasteiger partial charge in [0.1, 0.15) is 12.4 Å². The third kappa shape index (κ3) is 39.8. The Kier molecular flexibility index (Phi) is 49.6. The van der Waals surface area contributed by atoms with Gasteiger partial charge in [0.2, 0.25) is 0 Å². The Morgan fingerprint density at radius 1 is 0.829 bits per heavy atom. The van der Waals surface area contributed by atoms with Crippen LogP contribution in [0, 0.1) is 12.8 Å². The molecule has 41 heavy (non-hydrogen) atoms. The van der Waals surface area contributed by atoms with E-state index in [1.807, 2.05) is 26.8 Å². The maximum Gasteiger partial charge on any atom is 0.126 e.